The summed E-state index contributed by atoms with van der Waals surface area (Å²) in [5, 5.41) is 8.33. The summed E-state index contributed by atoms with van der Waals surface area (Å²) in [6.07, 6.45) is 0. The molecule has 168 valence electrons. The summed E-state index contributed by atoms with van der Waals surface area (Å²) < 4.78 is 5.94. The van der Waals surface area contributed by atoms with Gasteiger partial charge in [-0.05, 0) is 24.1 Å². The molecule has 1 heterocycles. The Morgan fingerprint density at radius 1 is 0.938 bits per heavy atom. The molecule has 6 heteroatoms. The summed E-state index contributed by atoms with van der Waals surface area (Å²) in [6.45, 7) is 5.79. The predicted molar refractivity (Wildman–Crippen MR) is 129 cm³/mol. The summed E-state index contributed by atoms with van der Waals surface area (Å²) in [5.41, 5.74) is 1.12. The number of urea groups is 1. The van der Waals surface area contributed by atoms with Crippen LogP contribution in [0.2, 0.25) is 0 Å². The van der Waals surface area contributed by atoms with Gasteiger partial charge in [0.25, 0.3) is 0 Å². The highest BCUT2D eigenvalue weighted by Gasteiger charge is 2.21. The van der Waals surface area contributed by atoms with Crippen LogP contribution < -0.4 is 15.4 Å². The molecule has 0 bridgehead atoms. The average molecular weight is 433 g/mol. The van der Waals surface area contributed by atoms with Crippen LogP contribution in [0.15, 0.2) is 72.8 Å². The van der Waals surface area contributed by atoms with E-state index in [1.165, 1.54) is 0 Å². The zero-order valence-corrected chi connectivity index (χ0v) is 18.7. The molecule has 1 atom stereocenters. The lowest BCUT2D eigenvalue weighted by atomic mass is 10.1. The van der Waals surface area contributed by atoms with E-state index in [0.717, 1.165) is 54.8 Å². The van der Waals surface area contributed by atoms with Crippen molar-refractivity contribution in [2.45, 2.75) is 6.04 Å². The van der Waals surface area contributed by atoms with E-state index in [1.54, 1.807) is 0 Å². The molecular formula is C26H32N4O2. The van der Waals surface area contributed by atoms with E-state index < -0.39 is 0 Å². The van der Waals surface area contributed by atoms with Crippen molar-refractivity contribution in [3.8, 4) is 5.75 Å². The minimum Gasteiger partial charge on any atom is -0.491 e. The normalized spacial score (nSPS) is 15.9. The van der Waals surface area contributed by atoms with Gasteiger partial charge in [0.15, 0.2) is 0 Å². The number of hydrogen-bond acceptors (Lipinski definition) is 4. The molecule has 1 fully saturated rings. The second-order valence-corrected chi connectivity index (χ2v) is 8.29. The van der Waals surface area contributed by atoms with E-state index in [0.29, 0.717) is 13.2 Å². The first-order chi connectivity index (χ1) is 15.7. The maximum Gasteiger partial charge on any atom is 0.315 e. The number of piperazine rings is 1. The molecule has 0 aliphatic carbocycles. The lowest BCUT2D eigenvalue weighted by Gasteiger charge is -2.35. The van der Waals surface area contributed by atoms with Gasteiger partial charge in [-0.2, -0.15) is 0 Å². The molecule has 4 rings (SSSR count). The van der Waals surface area contributed by atoms with Gasteiger partial charge in [0.05, 0.1) is 12.6 Å². The Morgan fingerprint density at radius 2 is 1.66 bits per heavy atom. The molecule has 3 aromatic carbocycles. The number of rotatable bonds is 8. The smallest absolute Gasteiger partial charge is 0.315 e. The van der Waals surface area contributed by atoms with Gasteiger partial charge >= 0.3 is 6.03 Å². The van der Waals surface area contributed by atoms with Gasteiger partial charge in [0.2, 0.25) is 0 Å². The molecule has 1 aliphatic rings. The Hall–Kier alpha value is -3.09. The molecule has 0 aromatic heterocycles. The summed E-state index contributed by atoms with van der Waals surface area (Å²) in [5.74, 6) is 0.836. The first kappa shape index (κ1) is 22.1. The maximum atomic E-state index is 12.6. The summed E-state index contributed by atoms with van der Waals surface area (Å²) >= 11 is 0. The Balaban J connectivity index is 1.29. The first-order valence-electron chi connectivity index (χ1n) is 11.3. The van der Waals surface area contributed by atoms with Crippen molar-refractivity contribution in [1.29, 1.82) is 0 Å². The lowest BCUT2D eigenvalue weighted by Crippen LogP contribution is -2.49. The molecule has 1 aliphatic heterocycles. The van der Waals surface area contributed by atoms with Crippen molar-refractivity contribution < 1.29 is 9.53 Å². The number of hydrogen-bond donors (Lipinski definition) is 2. The molecule has 0 spiro atoms. The molecule has 0 saturated carbocycles. The van der Waals surface area contributed by atoms with Crippen LogP contribution in [0.3, 0.4) is 0 Å². The highest BCUT2D eigenvalue weighted by Crippen LogP contribution is 2.24. The van der Waals surface area contributed by atoms with Crippen LogP contribution in [-0.2, 0) is 0 Å². The Labute approximate surface area is 190 Å². The van der Waals surface area contributed by atoms with E-state index in [1.807, 2.05) is 48.5 Å². The quantitative estimate of drug-likeness (QED) is 0.535. The molecule has 1 unspecified atom stereocenters. The number of nitrogens with zero attached hydrogens (tertiary/aromatic N) is 2. The third-order valence-corrected chi connectivity index (χ3v) is 5.94. The molecule has 6 nitrogen and oxygen atoms in total. The molecular weight excluding hydrogens is 400 g/mol. The Bertz CT molecular complexity index is 998. The number of likely N-dealkylation sites (N-methyl/N-ethyl adjacent to an activating group) is 1. The lowest BCUT2D eigenvalue weighted by molar-refractivity contribution is 0.142. The number of ether oxygens (including phenoxy) is 1. The number of nitrogens with one attached hydrogen (secondary N) is 2. The van der Waals surface area contributed by atoms with Crippen molar-refractivity contribution in [2.75, 3.05) is 52.9 Å². The second-order valence-electron chi connectivity index (χ2n) is 8.29. The van der Waals surface area contributed by atoms with E-state index in [9.17, 15) is 4.79 Å². The molecule has 3 aromatic rings. The van der Waals surface area contributed by atoms with Gasteiger partial charge in [-0.15, -0.1) is 0 Å². The topological polar surface area (TPSA) is 56.8 Å². The van der Waals surface area contributed by atoms with Gasteiger partial charge in [-0.25, -0.2) is 4.79 Å². The molecule has 0 radical (unpaired) electrons. The van der Waals surface area contributed by atoms with Crippen molar-refractivity contribution in [3.63, 3.8) is 0 Å². The maximum absolute atomic E-state index is 12.6. The van der Waals surface area contributed by atoms with Crippen molar-refractivity contribution in [1.82, 2.24) is 20.4 Å². The van der Waals surface area contributed by atoms with Crippen molar-refractivity contribution >= 4 is 16.8 Å². The minimum atomic E-state index is -0.172. The summed E-state index contributed by atoms with van der Waals surface area (Å²) in [4.78, 5) is 17.4. The standard InChI is InChI=1S/C26H32N4O2/c1-29-15-17-30(18-16-29)20-24(22-9-3-2-4-10-22)28-26(31)27-14-19-32-25-13-7-11-21-8-5-6-12-23(21)25/h2-13,24H,14-20H2,1H3,(H2,27,28,31). The highest BCUT2D eigenvalue weighted by molar-refractivity contribution is 5.88. The van der Waals surface area contributed by atoms with Crippen LogP contribution in [0.4, 0.5) is 4.79 Å². The van der Waals surface area contributed by atoms with Crippen LogP contribution in [0.1, 0.15) is 11.6 Å². The van der Waals surface area contributed by atoms with Crippen LogP contribution in [0, 0.1) is 0 Å². The molecule has 1 saturated heterocycles. The zero-order chi connectivity index (χ0) is 22.2. The number of fused-ring (bicyclic) bond motifs is 1. The van der Waals surface area contributed by atoms with E-state index in [2.05, 4.69) is 51.7 Å². The van der Waals surface area contributed by atoms with Crippen molar-refractivity contribution in [2.24, 2.45) is 0 Å². The zero-order valence-electron chi connectivity index (χ0n) is 18.7. The van der Waals surface area contributed by atoms with Gasteiger partial charge in [0.1, 0.15) is 12.4 Å². The number of benzene rings is 3. The van der Waals surface area contributed by atoms with E-state index >= 15 is 0 Å². The van der Waals surface area contributed by atoms with Crippen LogP contribution in [0.25, 0.3) is 10.8 Å². The van der Waals surface area contributed by atoms with Gasteiger partial charge < -0.3 is 20.3 Å². The van der Waals surface area contributed by atoms with Crippen LogP contribution in [0.5, 0.6) is 5.75 Å². The van der Waals surface area contributed by atoms with Gasteiger partial charge in [0, 0.05) is 38.1 Å². The van der Waals surface area contributed by atoms with Gasteiger partial charge in [-0.1, -0.05) is 66.7 Å². The Kier molecular flexibility index (Phi) is 7.59. The van der Waals surface area contributed by atoms with E-state index in [4.69, 9.17) is 4.74 Å². The summed E-state index contributed by atoms with van der Waals surface area (Å²) in [7, 11) is 2.15. The summed E-state index contributed by atoms with van der Waals surface area (Å²) in [6, 6.07) is 24.1. The van der Waals surface area contributed by atoms with Crippen molar-refractivity contribution in [3.05, 3.63) is 78.4 Å². The predicted octanol–water partition coefficient (Wildman–Crippen LogP) is 3.51. The second kappa shape index (κ2) is 11.0. The fraction of sp³-hybridized carbons (Fsp3) is 0.346. The largest absolute Gasteiger partial charge is 0.491 e. The van der Waals surface area contributed by atoms with Crippen LogP contribution >= 0.6 is 0 Å². The van der Waals surface area contributed by atoms with E-state index in [-0.39, 0.29) is 12.1 Å². The monoisotopic (exact) mass is 432 g/mol. The first-order valence-corrected chi connectivity index (χ1v) is 11.3. The third kappa shape index (κ3) is 5.99. The number of carbonyl (C=O) groups is 1. The number of amides is 2. The number of carbonyl (C=O) groups excluding carboxylic acids is 1. The minimum absolute atomic E-state index is 0.0569. The molecule has 2 amide bonds. The Morgan fingerprint density at radius 3 is 2.47 bits per heavy atom. The fourth-order valence-corrected chi connectivity index (χ4v) is 4.06. The SMILES string of the molecule is CN1CCN(CC(NC(=O)NCCOc2cccc3ccccc23)c2ccccc2)CC1. The molecule has 32 heavy (non-hydrogen) atoms. The van der Waals surface area contributed by atoms with Gasteiger partial charge in [-0.3, -0.25) is 4.90 Å². The highest BCUT2D eigenvalue weighted by atomic mass is 16.5. The molecule has 2 N–H and O–H groups in total. The third-order valence-electron chi connectivity index (χ3n) is 5.94. The fourth-order valence-electron chi connectivity index (χ4n) is 4.06. The van der Waals surface area contributed by atoms with Crippen LogP contribution in [-0.4, -0.2) is 68.8 Å². The average Bonchev–Trinajstić information content (AvgIpc) is 2.83.